The van der Waals surface area contributed by atoms with Crippen molar-refractivity contribution in [3.05, 3.63) is 30.3 Å². The molecule has 0 atom stereocenters. The molecule has 2 amide bonds. The van der Waals surface area contributed by atoms with Crippen LogP contribution in [0.1, 0.15) is 25.7 Å². The van der Waals surface area contributed by atoms with Gasteiger partial charge in [0.25, 0.3) is 0 Å². The number of hydrogen-bond donors (Lipinski definition) is 1. The van der Waals surface area contributed by atoms with Gasteiger partial charge in [0.05, 0.1) is 6.07 Å². The van der Waals surface area contributed by atoms with Crippen LogP contribution in [0.25, 0.3) is 0 Å². The van der Waals surface area contributed by atoms with Gasteiger partial charge in [-0.05, 0) is 37.8 Å². The first-order valence-corrected chi connectivity index (χ1v) is 6.69. The van der Waals surface area contributed by atoms with Crippen molar-refractivity contribution in [2.24, 2.45) is 5.92 Å². The van der Waals surface area contributed by atoms with Gasteiger partial charge in [-0.15, -0.1) is 0 Å². The molecule has 1 aromatic carbocycles. The van der Waals surface area contributed by atoms with Crippen LogP contribution in [-0.4, -0.2) is 24.0 Å². The second kappa shape index (κ2) is 6.24. The third-order valence-corrected chi connectivity index (χ3v) is 3.77. The molecule has 1 aromatic rings. The summed E-state index contributed by atoms with van der Waals surface area (Å²) in [6, 6.07) is 11.9. The van der Waals surface area contributed by atoms with Crippen molar-refractivity contribution < 1.29 is 4.79 Å². The highest BCUT2D eigenvalue weighted by atomic mass is 16.2. The van der Waals surface area contributed by atoms with Crippen molar-refractivity contribution in [1.82, 2.24) is 4.90 Å². The molecule has 1 aliphatic carbocycles. The lowest BCUT2D eigenvalue weighted by Crippen LogP contribution is -2.41. The molecule has 1 N–H and O–H groups in total. The van der Waals surface area contributed by atoms with Crippen molar-refractivity contribution in [1.29, 1.82) is 5.26 Å². The molecule has 0 radical (unpaired) electrons. The van der Waals surface area contributed by atoms with E-state index in [1.165, 1.54) is 0 Å². The number of para-hydroxylation sites is 1. The zero-order valence-corrected chi connectivity index (χ0v) is 11.2. The van der Waals surface area contributed by atoms with E-state index in [4.69, 9.17) is 5.26 Å². The predicted octanol–water partition coefficient (Wildman–Crippen LogP) is 3.23. The largest absolute Gasteiger partial charge is 0.325 e. The van der Waals surface area contributed by atoms with Gasteiger partial charge in [-0.1, -0.05) is 18.2 Å². The Labute approximate surface area is 114 Å². The number of urea groups is 1. The molecule has 0 saturated heterocycles. The van der Waals surface area contributed by atoms with E-state index in [9.17, 15) is 4.79 Å². The fourth-order valence-electron chi connectivity index (χ4n) is 2.49. The predicted molar refractivity (Wildman–Crippen MR) is 74.6 cm³/mol. The van der Waals surface area contributed by atoms with Crippen LogP contribution in [0.3, 0.4) is 0 Å². The summed E-state index contributed by atoms with van der Waals surface area (Å²) in [5.74, 6) is 0.168. The minimum Gasteiger partial charge on any atom is -0.325 e. The van der Waals surface area contributed by atoms with Crippen LogP contribution in [0.15, 0.2) is 30.3 Å². The van der Waals surface area contributed by atoms with Crippen molar-refractivity contribution in [3.8, 4) is 6.07 Å². The van der Waals surface area contributed by atoms with Gasteiger partial charge in [-0.25, -0.2) is 4.79 Å². The zero-order valence-electron chi connectivity index (χ0n) is 11.2. The van der Waals surface area contributed by atoms with Crippen molar-refractivity contribution in [2.75, 3.05) is 12.4 Å². The number of rotatable bonds is 2. The average Bonchev–Trinajstić information content (AvgIpc) is 2.47. The Morgan fingerprint density at radius 2 is 1.89 bits per heavy atom. The highest BCUT2D eigenvalue weighted by Gasteiger charge is 2.26. The minimum atomic E-state index is -0.0772. The minimum absolute atomic E-state index is 0.0772. The smallest absolute Gasteiger partial charge is 0.321 e. The Morgan fingerprint density at radius 3 is 2.47 bits per heavy atom. The number of nitriles is 1. The Morgan fingerprint density at radius 1 is 1.26 bits per heavy atom. The molecule has 0 bridgehead atoms. The Balaban J connectivity index is 1.88. The molecule has 19 heavy (non-hydrogen) atoms. The molecule has 4 heteroatoms. The van der Waals surface area contributed by atoms with Crippen LogP contribution in [0.4, 0.5) is 10.5 Å². The first-order chi connectivity index (χ1) is 9.20. The van der Waals surface area contributed by atoms with Crippen LogP contribution in [0.5, 0.6) is 0 Å². The van der Waals surface area contributed by atoms with Crippen LogP contribution >= 0.6 is 0 Å². The van der Waals surface area contributed by atoms with Crippen LogP contribution in [-0.2, 0) is 0 Å². The van der Waals surface area contributed by atoms with E-state index in [0.717, 1.165) is 31.4 Å². The van der Waals surface area contributed by atoms with Crippen molar-refractivity contribution in [3.63, 3.8) is 0 Å². The van der Waals surface area contributed by atoms with E-state index in [0.29, 0.717) is 0 Å². The number of hydrogen-bond acceptors (Lipinski definition) is 2. The van der Waals surface area contributed by atoms with Gasteiger partial charge < -0.3 is 10.2 Å². The van der Waals surface area contributed by atoms with E-state index in [2.05, 4.69) is 11.4 Å². The van der Waals surface area contributed by atoms with Crippen LogP contribution < -0.4 is 5.32 Å². The molecule has 1 aliphatic rings. The standard InChI is InChI=1S/C15H19N3O/c1-18(14-9-7-12(11-16)8-10-14)15(19)17-13-5-3-2-4-6-13/h2-6,12,14H,7-10H2,1H3,(H,17,19). The monoisotopic (exact) mass is 257 g/mol. The van der Waals surface area contributed by atoms with E-state index in [1.54, 1.807) is 4.90 Å². The molecule has 0 unspecified atom stereocenters. The Hall–Kier alpha value is -2.02. The highest BCUT2D eigenvalue weighted by Crippen LogP contribution is 2.26. The second-order valence-electron chi connectivity index (χ2n) is 5.04. The summed E-state index contributed by atoms with van der Waals surface area (Å²) in [6.45, 7) is 0. The van der Waals surface area contributed by atoms with E-state index < -0.39 is 0 Å². The third kappa shape index (κ3) is 3.47. The summed E-state index contributed by atoms with van der Waals surface area (Å²) < 4.78 is 0. The fraction of sp³-hybridized carbons (Fsp3) is 0.467. The van der Waals surface area contributed by atoms with E-state index >= 15 is 0 Å². The normalized spacial score (nSPS) is 22.3. The number of nitrogens with zero attached hydrogens (tertiary/aromatic N) is 2. The summed E-state index contributed by atoms with van der Waals surface area (Å²) in [6.07, 6.45) is 3.61. The van der Waals surface area contributed by atoms with Gasteiger partial charge in [-0.2, -0.15) is 5.26 Å². The lowest BCUT2D eigenvalue weighted by Gasteiger charge is -2.32. The number of carbonyl (C=O) groups excluding carboxylic acids is 1. The molecule has 2 rings (SSSR count). The number of benzene rings is 1. The topological polar surface area (TPSA) is 56.1 Å². The number of amides is 2. The average molecular weight is 257 g/mol. The van der Waals surface area contributed by atoms with Gasteiger partial charge >= 0.3 is 6.03 Å². The SMILES string of the molecule is CN(C(=O)Nc1ccccc1)C1CCC(C#N)CC1. The molecular weight excluding hydrogens is 238 g/mol. The molecular formula is C15H19N3O. The van der Waals surface area contributed by atoms with Crippen LogP contribution in [0.2, 0.25) is 0 Å². The molecule has 1 saturated carbocycles. The number of carbonyl (C=O) groups is 1. The summed E-state index contributed by atoms with van der Waals surface area (Å²) in [4.78, 5) is 13.9. The lowest BCUT2D eigenvalue weighted by atomic mass is 9.86. The van der Waals surface area contributed by atoms with E-state index in [1.807, 2.05) is 37.4 Å². The fourth-order valence-corrected chi connectivity index (χ4v) is 2.49. The maximum absolute atomic E-state index is 12.1. The number of anilines is 1. The molecule has 1 fully saturated rings. The van der Waals surface area contributed by atoms with Crippen LogP contribution in [0, 0.1) is 17.2 Å². The Kier molecular flexibility index (Phi) is 4.40. The molecule has 0 spiro atoms. The molecule has 4 nitrogen and oxygen atoms in total. The maximum Gasteiger partial charge on any atom is 0.321 e. The molecule has 0 aromatic heterocycles. The Bertz CT molecular complexity index is 458. The first kappa shape index (κ1) is 13.4. The summed E-state index contributed by atoms with van der Waals surface area (Å²) in [5, 5.41) is 11.8. The summed E-state index contributed by atoms with van der Waals surface area (Å²) >= 11 is 0. The first-order valence-electron chi connectivity index (χ1n) is 6.69. The van der Waals surface area contributed by atoms with Gasteiger partial charge in [0, 0.05) is 24.7 Å². The van der Waals surface area contributed by atoms with Crippen molar-refractivity contribution >= 4 is 11.7 Å². The molecule has 0 aliphatic heterocycles. The van der Waals surface area contributed by atoms with E-state index in [-0.39, 0.29) is 18.0 Å². The summed E-state index contributed by atoms with van der Waals surface area (Å²) in [7, 11) is 1.83. The van der Waals surface area contributed by atoms with Gasteiger partial charge in [0.1, 0.15) is 0 Å². The van der Waals surface area contributed by atoms with Crippen molar-refractivity contribution in [2.45, 2.75) is 31.7 Å². The quantitative estimate of drug-likeness (QED) is 0.884. The molecule has 100 valence electrons. The van der Waals surface area contributed by atoms with Gasteiger partial charge in [0.15, 0.2) is 0 Å². The lowest BCUT2D eigenvalue weighted by molar-refractivity contribution is 0.179. The van der Waals surface area contributed by atoms with Gasteiger partial charge in [-0.3, -0.25) is 0 Å². The third-order valence-electron chi connectivity index (χ3n) is 3.77. The molecule has 0 heterocycles. The second-order valence-corrected chi connectivity index (χ2v) is 5.04. The summed E-state index contributed by atoms with van der Waals surface area (Å²) in [5.41, 5.74) is 0.810. The number of nitrogens with one attached hydrogen (secondary N) is 1. The highest BCUT2D eigenvalue weighted by molar-refractivity contribution is 5.89. The zero-order chi connectivity index (χ0) is 13.7. The maximum atomic E-state index is 12.1. The van der Waals surface area contributed by atoms with Gasteiger partial charge in [0.2, 0.25) is 0 Å².